The highest BCUT2D eigenvalue weighted by Gasteiger charge is 2.61. The van der Waals surface area contributed by atoms with Gasteiger partial charge in [0.1, 0.15) is 23.7 Å². The van der Waals surface area contributed by atoms with E-state index in [1.165, 1.54) is 33.8 Å². The molecule has 0 aliphatic carbocycles. The third-order valence-electron chi connectivity index (χ3n) is 5.58. The normalized spacial score (nSPS) is 24.6. The van der Waals surface area contributed by atoms with E-state index in [0.717, 1.165) is 11.8 Å². The second-order valence-electron chi connectivity index (χ2n) is 7.41. The molecule has 4 heterocycles. The highest BCUT2D eigenvalue weighted by Crippen LogP contribution is 2.40. The number of rotatable bonds is 7. The zero-order valence-electron chi connectivity index (χ0n) is 16.3. The Balaban J connectivity index is 1.42. The highest BCUT2D eigenvalue weighted by atomic mass is 32.2. The number of nitrogens with two attached hydrogens (primary N) is 1. The van der Waals surface area contributed by atoms with Gasteiger partial charge < -0.3 is 26.0 Å². The summed E-state index contributed by atoms with van der Waals surface area (Å²) in [5.74, 6) is -2.13. The molecule has 5 rings (SSSR count). The number of nitrogens with one attached hydrogen (secondary N) is 1. The fourth-order valence-electron chi connectivity index (χ4n) is 4.19. The van der Waals surface area contributed by atoms with Gasteiger partial charge in [-0.2, -0.15) is 0 Å². The summed E-state index contributed by atoms with van der Waals surface area (Å²) in [6.07, 6.45) is -0.345. The van der Waals surface area contributed by atoms with Crippen LogP contribution in [0.3, 0.4) is 0 Å². The average molecular weight is 459 g/mol. The molecular formula is C18H17N7O6S. The van der Waals surface area contributed by atoms with Crippen LogP contribution in [-0.4, -0.2) is 83.6 Å². The second kappa shape index (κ2) is 7.49. The molecule has 0 bridgehead atoms. The smallest absolute Gasteiger partial charge is 0.356 e. The first-order valence-electron chi connectivity index (χ1n) is 9.55. The molecule has 1 unspecified atom stereocenters. The van der Waals surface area contributed by atoms with Crippen molar-refractivity contribution in [2.45, 2.75) is 29.4 Å². The molecule has 32 heavy (non-hydrogen) atoms. The van der Waals surface area contributed by atoms with Gasteiger partial charge in [0.05, 0.1) is 11.8 Å². The van der Waals surface area contributed by atoms with Crippen LogP contribution < -0.4 is 11.1 Å². The SMILES string of the molecule is NC(=O)C(c1ccc(O)cc1)n1nnnc1SCC1=C(C(=O)O)N2C(=O)[C@H]3NC[C@@H](O1)[C@H]32. The van der Waals surface area contributed by atoms with Gasteiger partial charge in [-0.15, -0.1) is 5.10 Å². The Bertz CT molecular complexity index is 1150. The number of aliphatic carboxylic acids is 1. The molecule has 14 heteroatoms. The summed E-state index contributed by atoms with van der Waals surface area (Å²) in [6, 6.07) is 4.07. The predicted molar refractivity (Wildman–Crippen MR) is 106 cm³/mol. The van der Waals surface area contributed by atoms with E-state index >= 15 is 0 Å². The summed E-state index contributed by atoms with van der Waals surface area (Å²) in [7, 11) is 0. The Morgan fingerprint density at radius 3 is 2.78 bits per heavy atom. The summed E-state index contributed by atoms with van der Waals surface area (Å²) in [5.41, 5.74) is 5.83. The van der Waals surface area contributed by atoms with Crippen LogP contribution in [0.1, 0.15) is 11.6 Å². The number of phenols is 1. The summed E-state index contributed by atoms with van der Waals surface area (Å²) < 4.78 is 7.12. The van der Waals surface area contributed by atoms with Gasteiger partial charge >= 0.3 is 5.97 Å². The molecule has 3 aliphatic heterocycles. The molecule has 166 valence electrons. The topological polar surface area (TPSA) is 186 Å². The summed E-state index contributed by atoms with van der Waals surface area (Å²) in [5, 5.41) is 33.8. The molecule has 0 spiro atoms. The number of hydrogen-bond acceptors (Lipinski definition) is 10. The molecule has 5 N–H and O–H groups in total. The van der Waals surface area contributed by atoms with Crippen molar-refractivity contribution < 1.29 is 29.3 Å². The lowest BCUT2D eigenvalue weighted by molar-refractivity contribution is -0.158. The van der Waals surface area contributed by atoms with Crippen LogP contribution in [0, 0.1) is 0 Å². The van der Waals surface area contributed by atoms with E-state index in [1.54, 1.807) is 0 Å². The van der Waals surface area contributed by atoms with Gasteiger partial charge in [-0.3, -0.25) is 14.5 Å². The van der Waals surface area contributed by atoms with E-state index in [1.807, 2.05) is 0 Å². The number of carboxylic acids is 1. The first-order chi connectivity index (χ1) is 15.4. The molecule has 2 fully saturated rings. The Labute approximate surface area is 184 Å². The quantitative estimate of drug-likeness (QED) is 0.277. The number of thioether (sulfide) groups is 1. The van der Waals surface area contributed by atoms with Gasteiger partial charge in [-0.05, 0) is 28.1 Å². The highest BCUT2D eigenvalue weighted by molar-refractivity contribution is 7.99. The van der Waals surface area contributed by atoms with Crippen LogP contribution in [0.2, 0.25) is 0 Å². The number of aromatic hydroxyl groups is 1. The van der Waals surface area contributed by atoms with E-state index < -0.39 is 24.0 Å². The molecule has 1 aromatic carbocycles. The number of carboxylic acid groups (broad SMARTS) is 1. The number of tetrazole rings is 1. The average Bonchev–Trinajstić information content (AvgIpc) is 3.37. The molecule has 0 radical (unpaired) electrons. The lowest BCUT2D eigenvalue weighted by Crippen LogP contribution is -2.69. The van der Waals surface area contributed by atoms with Crippen molar-refractivity contribution in [1.29, 1.82) is 0 Å². The lowest BCUT2D eigenvalue weighted by Gasteiger charge is -2.48. The van der Waals surface area contributed by atoms with E-state index in [0.29, 0.717) is 12.1 Å². The van der Waals surface area contributed by atoms with E-state index in [9.17, 15) is 24.6 Å². The van der Waals surface area contributed by atoms with Gasteiger partial charge in [0.25, 0.3) is 0 Å². The molecule has 4 atom stereocenters. The summed E-state index contributed by atoms with van der Waals surface area (Å²) >= 11 is 1.04. The molecule has 2 amide bonds. The standard InChI is InChI=1S/C18H17N7O6S/c19-15(27)12(7-1-3-8(26)4-2-7)25-18(21-22-23-25)32-6-10-14(17(29)30)24-13-9(31-10)5-20-11(13)16(24)28/h1-4,9,11-13,20,26H,5-6H2,(H2,19,27)(H,29,30)/t9-,11+,12?,13-/m1/s1. The van der Waals surface area contributed by atoms with E-state index in [-0.39, 0.29) is 46.2 Å². The van der Waals surface area contributed by atoms with Crippen molar-refractivity contribution in [3.63, 3.8) is 0 Å². The van der Waals surface area contributed by atoms with Gasteiger partial charge in [0.2, 0.25) is 17.0 Å². The van der Waals surface area contributed by atoms with E-state index in [2.05, 4.69) is 20.8 Å². The minimum absolute atomic E-state index is 0.0146. The van der Waals surface area contributed by atoms with Crippen LogP contribution in [0.25, 0.3) is 0 Å². The van der Waals surface area contributed by atoms with Crippen LogP contribution in [-0.2, 0) is 19.1 Å². The largest absolute Gasteiger partial charge is 0.508 e. The molecule has 2 aromatic rings. The van der Waals surface area contributed by atoms with Crippen LogP contribution >= 0.6 is 11.8 Å². The minimum atomic E-state index is -1.27. The summed E-state index contributed by atoms with van der Waals surface area (Å²) in [6.45, 7) is 0.432. The maximum atomic E-state index is 12.3. The van der Waals surface area contributed by atoms with Gasteiger partial charge in [0.15, 0.2) is 11.7 Å². The van der Waals surface area contributed by atoms with Crippen LogP contribution in [0.5, 0.6) is 5.75 Å². The Morgan fingerprint density at radius 1 is 1.34 bits per heavy atom. The number of amides is 2. The van der Waals surface area contributed by atoms with Gasteiger partial charge in [-0.1, -0.05) is 23.9 Å². The van der Waals surface area contributed by atoms with Crippen molar-refractivity contribution in [3.05, 3.63) is 41.3 Å². The fraction of sp³-hybridized carbons (Fsp3) is 0.333. The molecular weight excluding hydrogens is 442 g/mol. The minimum Gasteiger partial charge on any atom is -0.508 e. The number of benzene rings is 1. The number of primary amides is 1. The van der Waals surface area contributed by atoms with Crippen molar-refractivity contribution in [2.24, 2.45) is 5.73 Å². The lowest BCUT2D eigenvalue weighted by atomic mass is 9.92. The van der Waals surface area contributed by atoms with E-state index in [4.69, 9.17) is 10.5 Å². The molecule has 13 nitrogen and oxygen atoms in total. The summed E-state index contributed by atoms with van der Waals surface area (Å²) in [4.78, 5) is 37.7. The predicted octanol–water partition coefficient (Wildman–Crippen LogP) is -1.58. The van der Waals surface area contributed by atoms with Crippen LogP contribution in [0.15, 0.2) is 40.9 Å². The second-order valence-corrected chi connectivity index (χ2v) is 8.35. The zero-order chi connectivity index (χ0) is 22.6. The zero-order valence-corrected chi connectivity index (χ0v) is 17.1. The number of aromatic nitrogens is 4. The van der Waals surface area contributed by atoms with Crippen molar-refractivity contribution in [3.8, 4) is 5.75 Å². The van der Waals surface area contributed by atoms with Gasteiger partial charge in [-0.25, -0.2) is 9.48 Å². The Morgan fingerprint density at radius 2 is 2.09 bits per heavy atom. The molecule has 3 aliphatic rings. The Kier molecular flexibility index (Phi) is 4.74. The number of carbonyl (C=O) groups is 3. The monoisotopic (exact) mass is 459 g/mol. The van der Waals surface area contributed by atoms with Crippen molar-refractivity contribution in [2.75, 3.05) is 12.3 Å². The molecule has 2 saturated heterocycles. The number of nitrogens with zero attached hydrogens (tertiary/aromatic N) is 5. The number of phenolic OH excluding ortho intramolecular Hbond substituents is 1. The molecule has 0 saturated carbocycles. The Hall–Kier alpha value is -3.65. The number of β-lactam (4-membered cyclic amide) rings is 1. The number of carbonyl (C=O) groups excluding carboxylic acids is 2. The van der Waals surface area contributed by atoms with Gasteiger partial charge in [0, 0.05) is 6.54 Å². The van der Waals surface area contributed by atoms with Crippen LogP contribution in [0.4, 0.5) is 0 Å². The first kappa shape index (κ1) is 20.3. The van der Waals surface area contributed by atoms with Crippen molar-refractivity contribution >= 4 is 29.5 Å². The third-order valence-corrected chi connectivity index (χ3v) is 6.52. The fourth-order valence-corrected chi connectivity index (χ4v) is 5.02. The maximum absolute atomic E-state index is 12.3. The third kappa shape index (κ3) is 3.06. The number of hydrogen-bond donors (Lipinski definition) is 4. The molecule has 1 aromatic heterocycles. The maximum Gasteiger partial charge on any atom is 0.356 e. The number of ether oxygens (including phenoxy) is 1. The van der Waals surface area contributed by atoms with Crippen molar-refractivity contribution in [1.82, 2.24) is 30.4 Å². The first-order valence-corrected chi connectivity index (χ1v) is 10.5.